The van der Waals surface area contributed by atoms with E-state index in [1.54, 1.807) is 121 Å². The molecule has 0 spiro atoms. The van der Waals surface area contributed by atoms with Crippen molar-refractivity contribution in [2.24, 2.45) is 0 Å². The predicted molar refractivity (Wildman–Crippen MR) is 271 cm³/mol. The smallest absolute Gasteiger partial charge is 1.00 e. The number of alkyl halides is 3. The fourth-order valence-corrected chi connectivity index (χ4v) is 21.7. The normalized spacial score (nSPS) is 11.4. The van der Waals surface area contributed by atoms with Gasteiger partial charge >= 0.3 is 449 Å². The molecule has 0 fully saturated rings. The van der Waals surface area contributed by atoms with Gasteiger partial charge in [-0.15, -0.1) is 0 Å². The standard InChI is InChI=1S/C25H20F3P.C24H20BrP.C2BFN2.CF3.BF3.BrH.2K/c26-25(27,28)29(21-13-5-1-6-14-21,22-15-7-2-8-16-22,23-17-9-3-10-18-23)24-19-11-4-12-20-24;25-26(21-13-5-1-6-14-21,22-15-7-2-8-16-22,23-17-9-3-10-18-23)24-19-11-4-12-20-24;4-3(1-5)2-6;2*2-1(3)4;;;/h1-20H;1-20H;;;;1H;;/q;;;-1;;;2*+1/p-1. The summed E-state index contributed by atoms with van der Waals surface area (Å²) in [5.41, 5.74) is 0. The number of nitrogens with zero attached hydrogens (tertiary/aromatic N) is 2. The Kier molecular flexibility index (Phi) is 29.9. The van der Waals surface area contributed by atoms with E-state index >= 15 is 13.2 Å². The molecule has 8 aromatic carbocycles. The fourth-order valence-electron chi connectivity index (χ4n) is 8.14. The Morgan fingerprint density at radius 1 is 0.375 bits per heavy atom. The zero-order chi connectivity index (χ0) is 50.4. The third-order valence-corrected chi connectivity index (χ3v) is 27.1. The molecule has 0 amide bonds. The van der Waals surface area contributed by atoms with E-state index < -0.39 is 39.0 Å². The third-order valence-electron chi connectivity index (χ3n) is 10.8. The summed E-state index contributed by atoms with van der Waals surface area (Å²) >= 11 is 4.46. The van der Waals surface area contributed by atoms with Crippen molar-refractivity contribution in [1.29, 1.82) is 10.5 Å². The maximum atomic E-state index is 15.8. The van der Waals surface area contributed by atoms with E-state index in [1.807, 2.05) is 0 Å². The van der Waals surface area contributed by atoms with Crippen molar-refractivity contribution in [3.63, 3.8) is 0 Å². The van der Waals surface area contributed by atoms with Gasteiger partial charge in [-0.2, -0.15) is 0 Å². The molecular formula is C52H40B2Br2F10K2N2P2. The van der Waals surface area contributed by atoms with Gasteiger partial charge in [0.2, 0.25) is 0 Å². The van der Waals surface area contributed by atoms with Crippen molar-refractivity contribution >= 4 is 84.4 Å². The van der Waals surface area contributed by atoms with Crippen LogP contribution in [0.1, 0.15) is 0 Å². The van der Waals surface area contributed by atoms with Crippen molar-refractivity contribution in [1.82, 2.24) is 0 Å². The van der Waals surface area contributed by atoms with Crippen LogP contribution in [0.4, 0.5) is 43.6 Å². The van der Waals surface area contributed by atoms with E-state index in [4.69, 9.17) is 10.5 Å². The molecule has 0 saturated carbocycles. The average Bonchev–Trinajstić information content (AvgIpc) is 3.38. The Morgan fingerprint density at radius 3 is 0.625 bits per heavy atom. The van der Waals surface area contributed by atoms with Gasteiger partial charge in [0.1, 0.15) is 0 Å². The van der Waals surface area contributed by atoms with Gasteiger partial charge in [-0.25, -0.2) is 10.5 Å². The second-order valence-corrected chi connectivity index (χ2v) is 27.5. The quantitative estimate of drug-likeness (QED) is 0.101. The molecule has 8 aromatic rings. The van der Waals surface area contributed by atoms with E-state index in [0.717, 1.165) is 11.9 Å². The number of benzene rings is 8. The Bertz CT molecular complexity index is 2470. The predicted octanol–water partition coefficient (Wildman–Crippen LogP) is 3.82. The molecule has 0 N–H and O–H groups in total. The second kappa shape index (κ2) is 32.0. The van der Waals surface area contributed by atoms with E-state index in [-0.39, 0.29) is 141 Å². The Labute approximate surface area is 518 Å². The molecule has 0 bridgehead atoms. The fraction of sp³-hybridized carbons (Fsp3) is 0.0192. The van der Waals surface area contributed by atoms with Gasteiger partial charge in [0, 0.05) is 0 Å². The minimum absolute atomic E-state index is 0. The van der Waals surface area contributed by atoms with E-state index in [0.29, 0.717) is 0 Å². The van der Waals surface area contributed by atoms with Crippen molar-refractivity contribution in [3.05, 3.63) is 249 Å². The molecule has 0 heterocycles. The Morgan fingerprint density at radius 2 is 0.514 bits per heavy atom. The molecule has 8 rings (SSSR count). The summed E-state index contributed by atoms with van der Waals surface area (Å²) in [6.45, 7) is -10.1. The van der Waals surface area contributed by atoms with Crippen LogP contribution in [0.2, 0.25) is 0 Å². The molecule has 0 aromatic heterocycles. The van der Waals surface area contributed by atoms with Gasteiger partial charge < -0.3 is 30.2 Å². The first-order valence-electron chi connectivity index (χ1n) is 20.5. The van der Waals surface area contributed by atoms with Crippen LogP contribution in [0.3, 0.4) is 0 Å². The summed E-state index contributed by atoms with van der Waals surface area (Å²) in [5, 5.41) is 18.3. The number of hydrogen-bond acceptors (Lipinski definition) is 2. The number of halogens is 12. The molecule has 0 radical (unpaired) electrons. The number of nitriles is 2. The van der Waals surface area contributed by atoms with Crippen LogP contribution in [0.5, 0.6) is 0 Å². The SMILES string of the molecule is BrP(c1ccccc1)(c1ccccc1)(c1ccccc1)c1ccccc1.FB(F)F.FC(F)(F)P(c1ccccc1)(c1ccccc1)(c1ccccc1)c1ccccc1.F[C-](F)F.N#CB(F)C#N.[Br-].[K+].[K+]. The van der Waals surface area contributed by atoms with Crippen molar-refractivity contribution < 1.29 is 163 Å². The van der Waals surface area contributed by atoms with Gasteiger partial charge in [-0.3, -0.25) is 17.3 Å². The minimum Gasteiger partial charge on any atom is -1.00 e. The molecular weight excluding hydrogens is 1160 g/mol. The first-order valence-corrected chi connectivity index (χ1v) is 27.0. The molecule has 0 atom stereocenters. The third kappa shape index (κ3) is 14.8. The number of rotatable bonds is 8. The topological polar surface area (TPSA) is 47.6 Å². The van der Waals surface area contributed by atoms with Crippen LogP contribution in [0, 0.1) is 29.1 Å². The minimum atomic E-state index is -5.08. The molecule has 0 aliphatic heterocycles. The zero-order valence-corrected chi connectivity index (χ0v) is 49.8. The van der Waals surface area contributed by atoms with Crippen LogP contribution >= 0.6 is 27.4 Å². The van der Waals surface area contributed by atoms with Crippen LogP contribution < -0.4 is 162 Å². The van der Waals surface area contributed by atoms with Crippen LogP contribution in [-0.4, -0.2) is 20.5 Å². The summed E-state index contributed by atoms with van der Waals surface area (Å²) in [6, 6.07) is 76.9. The van der Waals surface area contributed by atoms with E-state index in [1.165, 1.54) is 21.2 Å². The van der Waals surface area contributed by atoms with Crippen molar-refractivity contribution in [2.75, 3.05) is 0 Å². The van der Waals surface area contributed by atoms with E-state index in [9.17, 15) is 30.4 Å². The Hall–Kier alpha value is -2.74. The second-order valence-electron chi connectivity index (χ2n) is 14.4. The van der Waals surface area contributed by atoms with Crippen molar-refractivity contribution in [2.45, 2.75) is 5.92 Å². The first-order chi connectivity index (χ1) is 33.0. The zero-order valence-electron chi connectivity index (χ0n) is 38.6. The molecule has 0 aliphatic rings. The van der Waals surface area contributed by atoms with Gasteiger partial charge in [0.15, 0.2) is 6.68 Å². The van der Waals surface area contributed by atoms with Crippen LogP contribution in [0.15, 0.2) is 243 Å². The maximum absolute atomic E-state index is 15.8. The summed E-state index contributed by atoms with van der Waals surface area (Å²) in [5.74, 6) is -2.37. The largest absolute Gasteiger partial charge is 1.00 e. The van der Waals surface area contributed by atoms with Gasteiger partial charge in [0.25, 0.3) is 0 Å². The summed E-state index contributed by atoms with van der Waals surface area (Å²) in [4.78, 5) is 0. The molecule has 0 aliphatic carbocycles. The first kappa shape index (κ1) is 67.3. The van der Waals surface area contributed by atoms with Gasteiger partial charge in [-0.05, 0) is 0 Å². The van der Waals surface area contributed by atoms with Crippen LogP contribution in [0.25, 0.3) is 0 Å². The molecule has 360 valence electrons. The summed E-state index contributed by atoms with van der Waals surface area (Å²) in [6.07, 6.45) is 0. The van der Waals surface area contributed by atoms with Gasteiger partial charge in [-0.1, -0.05) is 0 Å². The molecule has 20 heteroatoms. The molecule has 72 heavy (non-hydrogen) atoms. The summed E-state index contributed by atoms with van der Waals surface area (Å²) < 4.78 is 116. The molecule has 0 saturated heterocycles. The number of hydrogen-bond donors (Lipinski definition) is 0. The monoisotopic (exact) mass is 1200 g/mol. The van der Waals surface area contributed by atoms with E-state index in [2.05, 4.69) is 137 Å². The van der Waals surface area contributed by atoms with Gasteiger partial charge in [0.05, 0.1) is 11.9 Å². The Balaban J connectivity index is 0.000000554. The maximum Gasteiger partial charge on any atom is 1.00 e. The van der Waals surface area contributed by atoms with Crippen LogP contribution in [-0.2, 0) is 0 Å². The van der Waals surface area contributed by atoms with Crippen molar-refractivity contribution in [3.8, 4) is 11.9 Å². The molecule has 2 nitrogen and oxygen atoms in total. The molecule has 0 unspecified atom stereocenters. The summed E-state index contributed by atoms with van der Waals surface area (Å²) in [7, 11) is -3.67. The average molecular weight is 1200 g/mol.